The van der Waals surface area contributed by atoms with E-state index in [0.717, 1.165) is 17.3 Å². The number of pyridine rings is 5. The quantitative estimate of drug-likeness (QED) is 0.0138. The van der Waals surface area contributed by atoms with Crippen LogP contribution in [0.25, 0.3) is 0 Å². The summed E-state index contributed by atoms with van der Waals surface area (Å²) in [5.41, 5.74) is 24.3. The normalized spacial score (nSPS) is 10.2. The summed E-state index contributed by atoms with van der Waals surface area (Å²) in [6.07, 6.45) is 14.1. The fourth-order valence-corrected chi connectivity index (χ4v) is 13.3. The van der Waals surface area contributed by atoms with Crippen LogP contribution in [0.4, 0.5) is 17.1 Å². The lowest BCUT2D eigenvalue weighted by molar-refractivity contribution is 0.0591. The highest BCUT2D eigenvalue weighted by atomic mass is 79.9. The Morgan fingerprint density at radius 3 is 1.08 bits per heavy atom. The van der Waals surface area contributed by atoms with Crippen molar-refractivity contribution >= 4 is 210 Å². The summed E-state index contributed by atoms with van der Waals surface area (Å²) in [7, 11) is 13.7. The number of carbonyl (C=O) groups excluding carboxylic acids is 4. The Bertz CT molecular complexity index is 4670. The molecule has 1 amide bonds. The fourth-order valence-electron chi connectivity index (χ4n) is 7.42. The fraction of sp³-hybridized carbons (Fsp3) is 0.185. The molecule has 5 aromatic heterocycles. The van der Waals surface area contributed by atoms with E-state index in [1.165, 1.54) is 173 Å². The third-order valence-electron chi connectivity index (χ3n) is 12.1. The predicted octanol–water partition coefficient (Wildman–Crippen LogP) is 9.06. The monoisotopic (exact) mass is 2000 g/mol. The van der Waals surface area contributed by atoms with Gasteiger partial charge in [-0.3, -0.25) is 29.7 Å². The van der Waals surface area contributed by atoms with E-state index in [1.54, 1.807) is 37.4 Å². The van der Waals surface area contributed by atoms with Gasteiger partial charge in [0.05, 0.1) is 107 Å². The Balaban J connectivity index is 0. The van der Waals surface area contributed by atoms with Gasteiger partial charge in [-0.1, -0.05) is 63.7 Å². The van der Waals surface area contributed by atoms with E-state index >= 15 is 0 Å². The Morgan fingerprint density at radius 2 is 0.788 bits per heavy atom. The molecule has 4 aromatic carbocycles. The minimum absolute atomic E-state index is 0.0361. The van der Waals surface area contributed by atoms with Crippen molar-refractivity contribution in [2.75, 3.05) is 88.2 Å². The number of aromatic nitrogens is 5. The highest BCUT2D eigenvalue weighted by Gasteiger charge is 2.24. The van der Waals surface area contributed by atoms with Crippen molar-refractivity contribution in [1.29, 1.82) is 0 Å². The number of ether oxygens (including phenoxy) is 7. The van der Waals surface area contributed by atoms with Crippen LogP contribution in [0.5, 0.6) is 23.0 Å². The molecule has 1 atom stereocenters. The molecule has 113 heavy (non-hydrogen) atoms. The van der Waals surface area contributed by atoms with Crippen molar-refractivity contribution in [3.63, 3.8) is 0 Å². The van der Waals surface area contributed by atoms with E-state index in [1.807, 2.05) is 24.3 Å². The molecule has 0 saturated carbocycles. The second-order valence-electron chi connectivity index (χ2n) is 19.6. The maximum atomic E-state index is 12.7. The number of hydrogen-bond donors (Lipinski definition) is 8. The molecule has 12 N–H and O–H groups in total. The zero-order valence-electron chi connectivity index (χ0n) is 60.7. The van der Waals surface area contributed by atoms with Crippen LogP contribution in [0.3, 0.4) is 0 Å². The zero-order valence-corrected chi connectivity index (χ0v) is 74.1. The number of benzene rings is 4. The lowest BCUT2D eigenvalue weighted by Crippen LogP contribution is -2.30. The molecule has 0 aliphatic carbocycles. The van der Waals surface area contributed by atoms with Crippen molar-refractivity contribution in [3.05, 3.63) is 222 Å². The third kappa shape index (κ3) is 44.0. The first-order valence-electron chi connectivity index (χ1n) is 29.9. The van der Waals surface area contributed by atoms with Gasteiger partial charge in [-0.15, -0.1) is 0 Å². The summed E-state index contributed by atoms with van der Waals surface area (Å²) < 4.78 is 139. The summed E-state index contributed by atoms with van der Waals surface area (Å²) in [5.74, 6) is -0.691. The number of halogens is 8. The second-order valence-corrected chi connectivity index (χ2v) is 33.2. The highest BCUT2D eigenvalue weighted by Crippen LogP contribution is 2.33. The van der Waals surface area contributed by atoms with Gasteiger partial charge in [0.1, 0.15) is 49.0 Å². The molecule has 9 rings (SSSR count). The van der Waals surface area contributed by atoms with Crippen LogP contribution in [0.1, 0.15) is 52.6 Å². The maximum absolute atomic E-state index is 12.7. The summed E-state index contributed by atoms with van der Waals surface area (Å²) in [4.78, 5) is 63.9. The molecule has 1 unspecified atom stereocenters. The molecule has 5 heterocycles. The van der Waals surface area contributed by atoms with E-state index in [9.17, 15) is 44.4 Å². The molecule has 48 heteroatoms. The minimum atomic E-state index is -3.75. The molecule has 0 radical (unpaired) electrons. The topological polar surface area (TPSA) is 543 Å². The van der Waals surface area contributed by atoms with Crippen LogP contribution in [-0.4, -0.2) is 180 Å². The molecule has 34 nitrogen and oxygen atoms in total. The largest absolute Gasteiger partial charge is 0.749 e. The molecule has 618 valence electrons. The Hall–Kier alpha value is -7.84. The molecule has 0 spiro atoms. The molecule has 0 saturated heterocycles. The molecular formula is C65H74BBr4Cl4N10O24S5-. The van der Waals surface area contributed by atoms with Crippen LogP contribution in [-0.2, 0) is 78.8 Å². The lowest BCUT2D eigenvalue weighted by Gasteiger charge is -2.10. The smallest absolute Gasteiger partial charge is 0.490 e. The van der Waals surface area contributed by atoms with E-state index in [4.69, 9.17) is 75.0 Å². The van der Waals surface area contributed by atoms with E-state index in [2.05, 4.69) is 151 Å². The Morgan fingerprint density at radius 1 is 0.487 bits per heavy atom. The number of nitrogens with two attached hydrogens (primary N) is 4. The Kier molecular flexibility index (Phi) is 55.1. The van der Waals surface area contributed by atoms with E-state index in [-0.39, 0.29) is 54.9 Å². The highest BCUT2D eigenvalue weighted by molar-refractivity contribution is 9.11. The second kappa shape index (κ2) is 58.1. The van der Waals surface area contributed by atoms with Gasteiger partial charge in [-0.05, 0) is 127 Å². The number of methoxy groups -OCH3 is 7. The predicted molar refractivity (Wildman–Crippen MR) is 443 cm³/mol. The minimum Gasteiger partial charge on any atom is -0.749 e. The first kappa shape index (κ1) is 107. The number of rotatable bonds is 17. The van der Waals surface area contributed by atoms with Gasteiger partial charge < -0.3 is 81.1 Å². The number of aliphatic hydroxyl groups is 1. The number of esters is 3. The number of amides is 1. The average molecular weight is 2010 g/mol. The molecule has 0 aliphatic rings. The van der Waals surface area contributed by atoms with Gasteiger partial charge in [0, 0.05) is 137 Å². The first-order valence-corrected chi connectivity index (χ1v) is 42.8. The molecular weight excluding hydrogens is 1940 g/mol. The van der Waals surface area contributed by atoms with E-state index < -0.39 is 74.3 Å². The molecule has 0 bridgehead atoms. The van der Waals surface area contributed by atoms with Crippen molar-refractivity contribution in [2.24, 2.45) is 5.73 Å². The number of sulfone groups is 2. The SMILES string of the molecule is CN.CNC(=O)c1cncc(CS(=O)(=O)c2cc(Br)ccc2OC)c1.CO.COC(=O)c1cncc(CS(=O)(=O)c2cc(Br)ccc2OC)c1.COC(=O)c1cncc(N)c1.COC(=O)c1cncc(N)c1.COc1ccc(Br)cc1.COc1ccc(Br)cc1S(=O)(=O)Cl.Nc1cncc(B(O)O)c1.O=S(Cl)Cl.O=S([O-])OCl. The van der Waals surface area contributed by atoms with Gasteiger partial charge in [0.15, 0.2) is 19.7 Å². The van der Waals surface area contributed by atoms with Crippen molar-refractivity contribution in [3.8, 4) is 23.0 Å². The van der Waals surface area contributed by atoms with Crippen LogP contribution in [0, 0.1) is 0 Å². The first-order chi connectivity index (χ1) is 53.2. The maximum Gasteiger partial charge on any atom is 0.490 e. The zero-order chi connectivity index (χ0) is 86.8. The summed E-state index contributed by atoms with van der Waals surface area (Å²) in [5, 5.41) is 26.7. The number of nitrogen functional groups attached to an aromatic ring is 3. The lowest BCUT2D eigenvalue weighted by atomic mass is 9.81. The van der Waals surface area contributed by atoms with Gasteiger partial charge >= 0.3 is 25.0 Å². The third-order valence-corrected chi connectivity index (χ3v) is 19.2. The standard InChI is InChI=1S/C15H15BrN2O4S.C15H14BrNO5S.C7H6BrClO3S.C7H7BrO.2C7H8N2O2.C5H7BN2O2.CH5N.CH4O.Cl2OS.ClHO3S/c1-17-15(19)11-5-10(7-18-8-11)9-23(20,21)14-6-12(16)3-4-13(14)22-2;1-21-13-4-3-12(16)6-14(13)23(19,20)9-10-5-11(8-17-7-10)15(18)22-2;1-12-6-3-2-5(8)4-7(6)13(9,10)11;1-9-7-4-2-6(8)3-5-7;2*1-11-7(10)5-2-6(8)4-9-3-5;7-5-1-4(6(9)10)2-8-3-5;2*1-2;1-4(2)3;1-4-5(2)3/h3-8H,9H2,1-2H3,(H,17,19);3-8H,9H2,1-2H3;2-4H,1H3;2-5H,1H3;2*2-4H,8H2,1H3;1-3,9-10H,7H2;2H2,1H3;2H,1H3;;(H,2,3)/p-1. The van der Waals surface area contributed by atoms with Gasteiger partial charge in [-0.25, -0.2) is 48.1 Å². The van der Waals surface area contributed by atoms with Gasteiger partial charge in [-0.2, -0.15) is 3.74 Å². The van der Waals surface area contributed by atoms with Gasteiger partial charge in [0.2, 0.25) is 9.23 Å². The number of hydrogen-bond acceptors (Lipinski definition) is 33. The van der Waals surface area contributed by atoms with Crippen molar-refractivity contribution in [2.45, 2.75) is 26.2 Å². The molecule has 9 aromatic rings. The number of aliphatic hydroxyl groups excluding tert-OH is 1. The number of anilines is 3. The van der Waals surface area contributed by atoms with Crippen LogP contribution in [0.15, 0.2) is 204 Å². The van der Waals surface area contributed by atoms with Crippen LogP contribution in [0.2, 0.25) is 0 Å². The van der Waals surface area contributed by atoms with Crippen molar-refractivity contribution in [1.82, 2.24) is 30.2 Å². The van der Waals surface area contributed by atoms with E-state index in [0.29, 0.717) is 63.8 Å². The summed E-state index contributed by atoms with van der Waals surface area (Å²) in [6.45, 7) is 0. The number of nitrogens with zero attached hydrogens (tertiary/aromatic N) is 5. The summed E-state index contributed by atoms with van der Waals surface area (Å²) >= 11 is 14.6. The number of carbonyl (C=O) groups is 4. The summed E-state index contributed by atoms with van der Waals surface area (Å²) in [6, 6.07) is 29.2. The molecule has 0 fully saturated rings. The average Bonchev–Trinajstić information content (AvgIpc) is 0.909. The van der Waals surface area contributed by atoms with Crippen LogP contribution >= 0.6 is 108 Å². The Labute approximate surface area is 709 Å². The van der Waals surface area contributed by atoms with Crippen molar-refractivity contribution < 1.29 is 109 Å². The van der Waals surface area contributed by atoms with Crippen LogP contribution < -0.4 is 52.7 Å². The molecule has 0 aliphatic heterocycles. The number of nitrogens with one attached hydrogen (secondary N) is 1. The van der Waals surface area contributed by atoms with Gasteiger partial charge in [0.25, 0.3) is 15.0 Å².